The van der Waals surface area contributed by atoms with Gasteiger partial charge in [-0.05, 0) is 48.2 Å². The van der Waals surface area contributed by atoms with Gasteiger partial charge in [0.1, 0.15) is 17.6 Å². The first-order chi connectivity index (χ1) is 15.5. The summed E-state index contributed by atoms with van der Waals surface area (Å²) in [6.45, 7) is 4.05. The molecule has 7 heteroatoms. The number of aryl methyl sites for hydroxylation is 1. The number of benzene rings is 2. The molecule has 2 aliphatic heterocycles. The van der Waals surface area contributed by atoms with Crippen LogP contribution in [0.4, 0.5) is 5.13 Å². The van der Waals surface area contributed by atoms with Crippen LogP contribution in [0.25, 0.3) is 5.76 Å². The molecule has 0 saturated carbocycles. The van der Waals surface area contributed by atoms with Gasteiger partial charge in [0.2, 0.25) is 0 Å². The quantitative estimate of drug-likeness (QED) is 0.358. The minimum absolute atomic E-state index is 0.0648. The van der Waals surface area contributed by atoms with E-state index in [4.69, 9.17) is 4.74 Å². The van der Waals surface area contributed by atoms with E-state index in [0.717, 1.165) is 35.3 Å². The Kier molecular flexibility index (Phi) is 5.06. The number of aliphatic hydroxyl groups excluding tert-OH is 1. The SMILES string of the molecule is CCc1ccc([C@H]2C(=C(O)c3ccc4c(c3)C[C@H](C)O4)C(=O)C(=O)N2c2nccs2)cc1. The molecule has 1 saturated heterocycles. The molecule has 2 aromatic carbocycles. The number of carbonyl (C=O) groups excluding carboxylic acids is 2. The Bertz CT molecular complexity index is 1230. The maximum absolute atomic E-state index is 13.2. The number of nitrogens with zero attached hydrogens (tertiary/aromatic N) is 2. The number of thiazole rings is 1. The molecule has 1 N–H and O–H groups in total. The number of aliphatic hydroxyl groups is 1. The largest absolute Gasteiger partial charge is 0.507 e. The molecule has 1 aromatic heterocycles. The standard InChI is InChI=1S/C25H22N2O4S/c1-3-15-4-6-16(7-5-15)21-20(23(29)24(30)27(21)25-26-10-11-32-25)22(28)17-8-9-19-18(13-17)12-14(2)31-19/h4-11,13-14,21,28H,3,12H2,1-2H3/t14-,21-/m0/s1. The molecule has 1 fully saturated rings. The van der Waals surface area contributed by atoms with Crippen molar-refractivity contribution in [1.82, 2.24) is 4.98 Å². The minimum atomic E-state index is -0.754. The smallest absolute Gasteiger partial charge is 0.301 e. The van der Waals surface area contributed by atoms with E-state index in [9.17, 15) is 14.7 Å². The van der Waals surface area contributed by atoms with Gasteiger partial charge in [0, 0.05) is 23.6 Å². The zero-order valence-corrected chi connectivity index (χ0v) is 18.6. The highest BCUT2D eigenvalue weighted by atomic mass is 32.1. The fourth-order valence-electron chi connectivity index (χ4n) is 4.34. The van der Waals surface area contributed by atoms with Crippen molar-refractivity contribution in [1.29, 1.82) is 0 Å². The van der Waals surface area contributed by atoms with Crippen molar-refractivity contribution in [2.45, 2.75) is 38.8 Å². The first-order valence-corrected chi connectivity index (χ1v) is 11.4. The number of rotatable bonds is 4. The molecular formula is C25H22N2O4S. The van der Waals surface area contributed by atoms with Crippen LogP contribution >= 0.6 is 11.3 Å². The highest BCUT2D eigenvalue weighted by Crippen LogP contribution is 2.43. The molecule has 0 aliphatic carbocycles. The molecule has 32 heavy (non-hydrogen) atoms. The highest BCUT2D eigenvalue weighted by molar-refractivity contribution is 7.14. The van der Waals surface area contributed by atoms with E-state index in [1.807, 2.05) is 37.3 Å². The van der Waals surface area contributed by atoms with Crippen molar-refractivity contribution in [3.05, 3.63) is 81.9 Å². The first kappa shape index (κ1) is 20.5. The van der Waals surface area contributed by atoms with Crippen molar-refractivity contribution in [3.8, 4) is 5.75 Å². The molecule has 0 radical (unpaired) electrons. The lowest BCUT2D eigenvalue weighted by atomic mass is 9.94. The number of ketones is 1. The van der Waals surface area contributed by atoms with E-state index in [2.05, 4.69) is 11.9 Å². The maximum Gasteiger partial charge on any atom is 0.301 e. The van der Waals surface area contributed by atoms with E-state index in [-0.39, 0.29) is 17.4 Å². The minimum Gasteiger partial charge on any atom is -0.507 e. The summed E-state index contributed by atoms with van der Waals surface area (Å²) in [5, 5.41) is 13.5. The Morgan fingerprint density at radius 2 is 2.00 bits per heavy atom. The summed E-state index contributed by atoms with van der Waals surface area (Å²) < 4.78 is 5.75. The van der Waals surface area contributed by atoms with Crippen molar-refractivity contribution in [2.75, 3.05) is 4.90 Å². The fourth-order valence-corrected chi connectivity index (χ4v) is 5.01. The molecular weight excluding hydrogens is 424 g/mol. The average Bonchev–Trinajstić information content (AvgIpc) is 3.51. The van der Waals surface area contributed by atoms with Gasteiger partial charge in [0.05, 0.1) is 11.6 Å². The molecule has 3 aromatic rings. The number of amides is 1. The van der Waals surface area contributed by atoms with Gasteiger partial charge in [0.25, 0.3) is 5.78 Å². The lowest BCUT2D eigenvalue weighted by molar-refractivity contribution is -0.132. The van der Waals surface area contributed by atoms with Gasteiger partial charge < -0.3 is 9.84 Å². The average molecular weight is 447 g/mol. The molecule has 0 spiro atoms. The number of anilines is 1. The summed E-state index contributed by atoms with van der Waals surface area (Å²) in [7, 11) is 0. The molecule has 5 rings (SSSR count). The Morgan fingerprint density at radius 1 is 1.22 bits per heavy atom. The lowest BCUT2D eigenvalue weighted by Gasteiger charge is -2.23. The summed E-state index contributed by atoms with van der Waals surface area (Å²) in [5.41, 5.74) is 3.43. The molecule has 0 bridgehead atoms. The second kappa shape index (κ2) is 7.91. The third-order valence-corrected chi connectivity index (χ3v) is 6.71. The number of fused-ring (bicyclic) bond motifs is 1. The molecule has 0 unspecified atom stereocenters. The number of hydrogen-bond acceptors (Lipinski definition) is 6. The van der Waals surface area contributed by atoms with Crippen LogP contribution in [-0.2, 0) is 22.4 Å². The van der Waals surface area contributed by atoms with Crippen molar-refractivity contribution in [3.63, 3.8) is 0 Å². The molecule has 2 atom stereocenters. The molecule has 3 heterocycles. The van der Waals surface area contributed by atoms with Gasteiger partial charge in [-0.2, -0.15) is 0 Å². The van der Waals surface area contributed by atoms with Crippen LogP contribution in [0, 0.1) is 0 Å². The third-order valence-electron chi connectivity index (χ3n) is 5.94. The van der Waals surface area contributed by atoms with Crippen LogP contribution in [0.15, 0.2) is 59.6 Å². The zero-order valence-electron chi connectivity index (χ0n) is 17.7. The van der Waals surface area contributed by atoms with Gasteiger partial charge in [-0.25, -0.2) is 4.98 Å². The van der Waals surface area contributed by atoms with E-state index in [1.54, 1.807) is 23.7 Å². The maximum atomic E-state index is 13.2. The molecule has 2 aliphatic rings. The highest BCUT2D eigenvalue weighted by Gasteiger charge is 2.48. The predicted octanol–water partition coefficient (Wildman–Crippen LogP) is 4.66. The number of aromatic nitrogens is 1. The Labute approximate surface area is 189 Å². The van der Waals surface area contributed by atoms with E-state index in [1.165, 1.54) is 16.2 Å². The summed E-state index contributed by atoms with van der Waals surface area (Å²) >= 11 is 1.28. The number of ether oxygens (including phenoxy) is 1. The summed E-state index contributed by atoms with van der Waals surface area (Å²) in [5.74, 6) is -0.810. The van der Waals surface area contributed by atoms with E-state index in [0.29, 0.717) is 10.7 Å². The Hall–Kier alpha value is -3.45. The Balaban J connectivity index is 1.67. The zero-order chi connectivity index (χ0) is 22.4. The van der Waals surface area contributed by atoms with E-state index < -0.39 is 17.7 Å². The fraction of sp³-hybridized carbons (Fsp3) is 0.240. The van der Waals surface area contributed by atoms with Gasteiger partial charge >= 0.3 is 5.91 Å². The van der Waals surface area contributed by atoms with Crippen molar-refractivity contribution >= 4 is 33.9 Å². The molecule has 1 amide bonds. The van der Waals surface area contributed by atoms with E-state index >= 15 is 0 Å². The predicted molar refractivity (Wildman–Crippen MR) is 123 cm³/mol. The van der Waals surface area contributed by atoms with Gasteiger partial charge in [0.15, 0.2) is 5.13 Å². The van der Waals surface area contributed by atoms with Crippen LogP contribution in [0.5, 0.6) is 5.75 Å². The van der Waals surface area contributed by atoms with Gasteiger partial charge in [-0.3, -0.25) is 14.5 Å². The van der Waals surface area contributed by atoms with Crippen molar-refractivity contribution in [2.24, 2.45) is 0 Å². The second-order valence-electron chi connectivity index (χ2n) is 8.03. The normalized spacial score (nSPS) is 21.6. The number of hydrogen-bond donors (Lipinski definition) is 1. The van der Waals surface area contributed by atoms with Crippen LogP contribution in [0.1, 0.15) is 42.1 Å². The lowest BCUT2D eigenvalue weighted by Crippen LogP contribution is -2.29. The van der Waals surface area contributed by atoms with Crippen LogP contribution in [0.2, 0.25) is 0 Å². The topological polar surface area (TPSA) is 79.7 Å². The summed E-state index contributed by atoms with van der Waals surface area (Å²) in [4.78, 5) is 31.9. The van der Waals surface area contributed by atoms with Crippen molar-refractivity contribution < 1.29 is 19.4 Å². The Morgan fingerprint density at radius 3 is 2.69 bits per heavy atom. The summed E-state index contributed by atoms with van der Waals surface area (Å²) in [6.07, 6.45) is 3.27. The van der Waals surface area contributed by atoms with Crippen LogP contribution in [0.3, 0.4) is 0 Å². The monoisotopic (exact) mass is 446 g/mol. The van der Waals surface area contributed by atoms with Crippen LogP contribution < -0.4 is 9.64 Å². The third kappa shape index (κ3) is 3.29. The number of Topliss-reactive ketones (excluding diaryl/α,β-unsaturated/α-hetero) is 1. The van der Waals surface area contributed by atoms with Crippen LogP contribution in [-0.4, -0.2) is 27.9 Å². The van der Waals surface area contributed by atoms with Gasteiger partial charge in [-0.15, -0.1) is 11.3 Å². The first-order valence-electron chi connectivity index (χ1n) is 10.6. The molecule has 6 nitrogen and oxygen atoms in total. The van der Waals surface area contributed by atoms with Gasteiger partial charge in [-0.1, -0.05) is 31.2 Å². The summed E-state index contributed by atoms with van der Waals surface area (Å²) in [6, 6.07) is 12.4. The molecule has 162 valence electrons. The second-order valence-corrected chi connectivity index (χ2v) is 8.91. The number of carbonyl (C=O) groups is 2.